The van der Waals surface area contributed by atoms with Gasteiger partial charge in [-0.1, -0.05) is 27.7 Å². The normalized spacial score (nSPS) is 13.4. The van der Waals surface area contributed by atoms with Crippen LogP contribution in [0, 0.1) is 0 Å². The van der Waals surface area contributed by atoms with Crippen molar-refractivity contribution in [2.24, 2.45) is 0 Å². The lowest BCUT2D eigenvalue weighted by Crippen LogP contribution is -2.27. The highest BCUT2D eigenvalue weighted by Gasteiger charge is 2.15. The largest absolute Gasteiger partial charge is 0.302 e. The second-order valence-electron chi connectivity index (χ2n) is 4.15. The summed E-state index contributed by atoms with van der Waals surface area (Å²) in [6, 6.07) is 2.23. The lowest BCUT2D eigenvalue weighted by atomic mass is 10.0. The molecule has 0 fully saturated rings. The van der Waals surface area contributed by atoms with E-state index >= 15 is 0 Å². The van der Waals surface area contributed by atoms with Crippen LogP contribution in [0.3, 0.4) is 0 Å². The number of nitrogens with zero attached hydrogens (tertiary/aromatic N) is 3. The summed E-state index contributed by atoms with van der Waals surface area (Å²) in [6.07, 6.45) is 4.85. The molecule has 0 spiro atoms. The van der Waals surface area contributed by atoms with Crippen molar-refractivity contribution in [1.29, 1.82) is 0 Å². The SMILES string of the molecule is CC.CC.CN1CCc2ncc(-c3nccs3)cc2C1. The Morgan fingerprint density at radius 2 is 1.90 bits per heavy atom. The lowest BCUT2D eigenvalue weighted by molar-refractivity contribution is 0.310. The molecular weight excluding hydrogens is 266 g/mol. The van der Waals surface area contributed by atoms with Crippen LogP contribution in [0.2, 0.25) is 0 Å². The first-order valence-corrected chi connectivity index (χ1v) is 8.27. The molecule has 0 aromatic carbocycles. The molecule has 3 rings (SSSR count). The van der Waals surface area contributed by atoms with Gasteiger partial charge in [-0.05, 0) is 18.7 Å². The van der Waals surface area contributed by atoms with Crippen molar-refractivity contribution in [2.45, 2.75) is 40.7 Å². The molecule has 0 saturated heterocycles. The van der Waals surface area contributed by atoms with Crippen LogP contribution in [0.1, 0.15) is 39.0 Å². The standard InChI is InChI=1S/C12H13N3S.2C2H6/c1-15-4-2-11-10(8-15)6-9(7-14-11)12-13-3-5-16-12;2*1-2/h3,5-7H,2,4,8H2,1H3;2*1-2H3. The van der Waals surface area contributed by atoms with E-state index in [1.54, 1.807) is 11.3 Å². The maximum Gasteiger partial charge on any atom is 0.124 e. The highest BCUT2D eigenvalue weighted by atomic mass is 32.1. The maximum atomic E-state index is 4.55. The minimum Gasteiger partial charge on any atom is -0.302 e. The highest BCUT2D eigenvalue weighted by molar-refractivity contribution is 7.13. The van der Waals surface area contributed by atoms with Crippen LogP contribution in [0.5, 0.6) is 0 Å². The lowest BCUT2D eigenvalue weighted by Gasteiger charge is -2.24. The van der Waals surface area contributed by atoms with Gasteiger partial charge < -0.3 is 4.90 Å². The van der Waals surface area contributed by atoms with Crippen LogP contribution in [0.4, 0.5) is 0 Å². The summed E-state index contributed by atoms with van der Waals surface area (Å²) in [5.41, 5.74) is 3.74. The van der Waals surface area contributed by atoms with Gasteiger partial charge in [0.05, 0.1) is 0 Å². The monoisotopic (exact) mass is 291 g/mol. The molecule has 110 valence electrons. The number of hydrogen-bond donors (Lipinski definition) is 0. The van der Waals surface area contributed by atoms with E-state index in [4.69, 9.17) is 0 Å². The van der Waals surface area contributed by atoms with Gasteiger partial charge in [0.2, 0.25) is 0 Å². The van der Waals surface area contributed by atoms with Crippen molar-refractivity contribution in [3.8, 4) is 10.6 Å². The molecule has 0 radical (unpaired) electrons. The van der Waals surface area contributed by atoms with Crippen molar-refractivity contribution >= 4 is 11.3 Å². The predicted octanol–water partition coefficient (Wildman–Crippen LogP) is 4.25. The first-order chi connectivity index (χ1) is 9.83. The molecule has 0 aliphatic carbocycles. The van der Waals surface area contributed by atoms with Crippen molar-refractivity contribution in [3.05, 3.63) is 35.1 Å². The van der Waals surface area contributed by atoms with Gasteiger partial charge in [0.15, 0.2) is 0 Å². The molecule has 3 nitrogen and oxygen atoms in total. The minimum atomic E-state index is 1.00. The van der Waals surface area contributed by atoms with Gasteiger partial charge >= 0.3 is 0 Å². The van der Waals surface area contributed by atoms with Crippen molar-refractivity contribution < 1.29 is 0 Å². The van der Waals surface area contributed by atoms with Gasteiger partial charge in [0, 0.05) is 48.5 Å². The molecule has 0 atom stereocenters. The fourth-order valence-electron chi connectivity index (χ4n) is 2.05. The zero-order chi connectivity index (χ0) is 15.0. The van der Waals surface area contributed by atoms with E-state index in [-0.39, 0.29) is 0 Å². The van der Waals surface area contributed by atoms with Gasteiger partial charge in [0.25, 0.3) is 0 Å². The summed E-state index contributed by atoms with van der Waals surface area (Å²) >= 11 is 1.66. The molecule has 0 saturated carbocycles. The van der Waals surface area contributed by atoms with Gasteiger partial charge in [-0.3, -0.25) is 4.98 Å². The number of thiazole rings is 1. The second-order valence-corrected chi connectivity index (χ2v) is 5.05. The Morgan fingerprint density at radius 3 is 2.55 bits per heavy atom. The van der Waals surface area contributed by atoms with Crippen LogP contribution in [0.25, 0.3) is 10.6 Å². The van der Waals surface area contributed by atoms with Gasteiger partial charge in [0.1, 0.15) is 5.01 Å². The molecule has 0 amide bonds. The third kappa shape index (κ3) is 4.12. The first kappa shape index (κ1) is 16.8. The van der Waals surface area contributed by atoms with Crippen LogP contribution in [0.15, 0.2) is 23.8 Å². The first-order valence-electron chi connectivity index (χ1n) is 7.39. The van der Waals surface area contributed by atoms with Crippen LogP contribution >= 0.6 is 11.3 Å². The Kier molecular flexibility index (Phi) is 7.41. The third-order valence-corrected chi connectivity index (χ3v) is 3.73. The van der Waals surface area contributed by atoms with Crippen LogP contribution in [-0.2, 0) is 13.0 Å². The third-order valence-electron chi connectivity index (χ3n) is 2.91. The van der Waals surface area contributed by atoms with E-state index in [2.05, 4.69) is 28.0 Å². The highest BCUT2D eigenvalue weighted by Crippen LogP contribution is 2.25. The zero-order valence-electron chi connectivity index (χ0n) is 13.2. The number of hydrogen-bond acceptors (Lipinski definition) is 4. The van der Waals surface area contributed by atoms with Crippen molar-refractivity contribution in [2.75, 3.05) is 13.6 Å². The van der Waals surface area contributed by atoms with E-state index in [0.717, 1.165) is 30.1 Å². The summed E-state index contributed by atoms with van der Waals surface area (Å²) in [5, 5.41) is 3.06. The quantitative estimate of drug-likeness (QED) is 0.786. The van der Waals surface area contributed by atoms with E-state index in [1.807, 2.05) is 45.5 Å². The minimum absolute atomic E-state index is 1.00. The summed E-state index contributed by atoms with van der Waals surface area (Å²) < 4.78 is 0. The molecule has 20 heavy (non-hydrogen) atoms. The van der Waals surface area contributed by atoms with Gasteiger partial charge in [-0.25, -0.2) is 4.98 Å². The molecule has 1 aliphatic heterocycles. The molecule has 2 aromatic heterocycles. The summed E-state index contributed by atoms with van der Waals surface area (Å²) in [4.78, 5) is 11.2. The molecule has 4 heteroatoms. The van der Waals surface area contributed by atoms with Crippen LogP contribution < -0.4 is 0 Å². The predicted molar refractivity (Wildman–Crippen MR) is 88.1 cm³/mol. The molecule has 0 N–H and O–H groups in total. The second kappa shape index (κ2) is 8.82. The molecule has 1 aliphatic rings. The van der Waals surface area contributed by atoms with E-state index < -0.39 is 0 Å². The number of aromatic nitrogens is 2. The van der Waals surface area contributed by atoms with Crippen LogP contribution in [-0.4, -0.2) is 28.5 Å². The van der Waals surface area contributed by atoms with E-state index in [9.17, 15) is 0 Å². The Bertz CT molecular complexity index is 494. The summed E-state index contributed by atoms with van der Waals surface area (Å²) in [6.45, 7) is 10.1. The Balaban J connectivity index is 0.000000461. The Labute approximate surface area is 126 Å². The Morgan fingerprint density at radius 1 is 1.15 bits per heavy atom. The number of rotatable bonds is 1. The summed E-state index contributed by atoms with van der Waals surface area (Å²) in [7, 11) is 2.15. The Hall–Kier alpha value is -1.26. The van der Waals surface area contributed by atoms with E-state index in [0.29, 0.717) is 0 Å². The average Bonchev–Trinajstić information content (AvgIpc) is 3.05. The fraction of sp³-hybridized carbons (Fsp3) is 0.500. The number of likely N-dealkylation sites (N-methyl/N-ethyl adjacent to an activating group) is 1. The van der Waals surface area contributed by atoms with Gasteiger partial charge in [-0.2, -0.15) is 0 Å². The average molecular weight is 291 g/mol. The summed E-state index contributed by atoms with van der Waals surface area (Å²) in [5.74, 6) is 0. The maximum absolute atomic E-state index is 4.55. The van der Waals surface area contributed by atoms with Crippen molar-refractivity contribution in [1.82, 2.24) is 14.9 Å². The zero-order valence-corrected chi connectivity index (χ0v) is 14.0. The topological polar surface area (TPSA) is 29.0 Å². The molecule has 0 bridgehead atoms. The number of pyridine rings is 1. The molecular formula is C16H25N3S. The van der Waals surface area contributed by atoms with E-state index in [1.165, 1.54) is 11.3 Å². The molecule has 0 unspecified atom stereocenters. The number of fused-ring (bicyclic) bond motifs is 1. The van der Waals surface area contributed by atoms with Crippen molar-refractivity contribution in [3.63, 3.8) is 0 Å². The molecule has 2 aromatic rings. The smallest absolute Gasteiger partial charge is 0.124 e. The molecule has 3 heterocycles. The van der Waals surface area contributed by atoms with Gasteiger partial charge in [-0.15, -0.1) is 11.3 Å². The fourth-order valence-corrected chi connectivity index (χ4v) is 2.67.